The number of rotatable bonds is 3. The van der Waals surface area contributed by atoms with Gasteiger partial charge >= 0.3 is 0 Å². The van der Waals surface area contributed by atoms with Crippen molar-refractivity contribution in [3.63, 3.8) is 0 Å². The molecule has 0 aliphatic carbocycles. The Morgan fingerprint density at radius 1 is 1.35 bits per heavy atom. The number of para-hydroxylation sites is 1. The number of fused-ring (bicyclic) bond motifs is 1. The molecule has 23 heavy (non-hydrogen) atoms. The Morgan fingerprint density at radius 2 is 2.13 bits per heavy atom. The Kier molecular flexibility index (Phi) is 4.08. The Labute approximate surface area is 135 Å². The van der Waals surface area contributed by atoms with Crippen LogP contribution in [-0.4, -0.2) is 41.2 Å². The van der Waals surface area contributed by atoms with Crippen molar-refractivity contribution in [3.05, 3.63) is 46.8 Å². The molecule has 1 N–H and O–H groups in total. The molecule has 1 aliphatic heterocycles. The van der Waals surface area contributed by atoms with Gasteiger partial charge in [-0.25, -0.2) is 18.4 Å². The first-order valence-corrected chi connectivity index (χ1v) is 9.28. The van der Waals surface area contributed by atoms with Crippen molar-refractivity contribution in [2.24, 2.45) is 0 Å². The van der Waals surface area contributed by atoms with E-state index >= 15 is 0 Å². The van der Waals surface area contributed by atoms with Crippen LogP contribution in [0.5, 0.6) is 5.75 Å². The lowest BCUT2D eigenvalue weighted by Gasteiger charge is -2.28. The van der Waals surface area contributed by atoms with Gasteiger partial charge in [0.15, 0.2) is 0 Å². The summed E-state index contributed by atoms with van der Waals surface area (Å²) in [6.07, 6.45) is 3.39. The molecule has 6 nitrogen and oxygen atoms in total. The highest BCUT2D eigenvalue weighted by Gasteiger charge is 2.21. The average molecular weight is 333 g/mol. The molecule has 2 aromatic rings. The van der Waals surface area contributed by atoms with Crippen LogP contribution < -0.4 is 0 Å². The summed E-state index contributed by atoms with van der Waals surface area (Å²) in [6, 6.07) is 5.73. The Bertz CT molecular complexity index is 850. The molecular weight excluding hydrogens is 314 g/mol. The van der Waals surface area contributed by atoms with Gasteiger partial charge in [-0.15, -0.1) is 0 Å². The normalized spacial score (nSPS) is 15.4. The van der Waals surface area contributed by atoms with Gasteiger partial charge in [-0.1, -0.05) is 18.2 Å². The number of benzene rings is 1. The summed E-state index contributed by atoms with van der Waals surface area (Å²) in [5.41, 5.74) is 3.49. The fraction of sp³-hybridized carbons (Fsp3) is 0.375. The van der Waals surface area contributed by atoms with Crippen LogP contribution in [-0.2, 0) is 29.3 Å². The Morgan fingerprint density at radius 3 is 2.87 bits per heavy atom. The highest BCUT2D eigenvalue weighted by molar-refractivity contribution is 7.90. The SMILES string of the molecule is Cc1cccc(CN2CCc3nc(S(C)(=O)=O)ncc3C2)c1O. The molecule has 3 rings (SSSR count). The summed E-state index contributed by atoms with van der Waals surface area (Å²) >= 11 is 0. The lowest BCUT2D eigenvalue weighted by atomic mass is 10.1. The number of phenols is 1. The minimum atomic E-state index is -3.38. The second-order valence-electron chi connectivity index (χ2n) is 5.94. The molecule has 0 bridgehead atoms. The Hall–Kier alpha value is -1.99. The van der Waals surface area contributed by atoms with E-state index in [1.165, 1.54) is 0 Å². The van der Waals surface area contributed by atoms with Crippen LogP contribution in [0.1, 0.15) is 22.4 Å². The van der Waals surface area contributed by atoms with Crippen molar-refractivity contribution in [1.82, 2.24) is 14.9 Å². The summed E-state index contributed by atoms with van der Waals surface area (Å²) in [5.74, 6) is 0.335. The number of hydrogen-bond donors (Lipinski definition) is 1. The van der Waals surface area contributed by atoms with Gasteiger partial charge in [0.05, 0.1) is 5.69 Å². The quantitative estimate of drug-likeness (QED) is 0.856. The van der Waals surface area contributed by atoms with E-state index in [0.29, 0.717) is 25.3 Å². The van der Waals surface area contributed by atoms with E-state index in [1.807, 2.05) is 25.1 Å². The van der Waals surface area contributed by atoms with Crippen molar-refractivity contribution in [2.75, 3.05) is 12.8 Å². The first kappa shape index (κ1) is 15.9. The van der Waals surface area contributed by atoms with E-state index in [1.54, 1.807) is 6.20 Å². The third-order valence-corrected chi connectivity index (χ3v) is 4.90. The number of nitrogens with zero attached hydrogens (tertiary/aromatic N) is 3. The van der Waals surface area contributed by atoms with E-state index in [4.69, 9.17) is 0 Å². The van der Waals surface area contributed by atoms with E-state index in [0.717, 1.165) is 35.2 Å². The van der Waals surface area contributed by atoms with Gasteiger partial charge < -0.3 is 5.11 Å². The molecule has 1 aromatic heterocycles. The molecule has 0 atom stereocenters. The summed E-state index contributed by atoms with van der Waals surface area (Å²) in [4.78, 5) is 10.3. The van der Waals surface area contributed by atoms with Crippen molar-refractivity contribution in [2.45, 2.75) is 31.6 Å². The summed E-state index contributed by atoms with van der Waals surface area (Å²) in [7, 11) is -3.38. The predicted molar refractivity (Wildman–Crippen MR) is 85.8 cm³/mol. The first-order chi connectivity index (χ1) is 10.8. The first-order valence-electron chi connectivity index (χ1n) is 7.39. The summed E-state index contributed by atoms with van der Waals surface area (Å²) in [5, 5.41) is 10.0. The highest BCUT2D eigenvalue weighted by Crippen LogP contribution is 2.25. The summed E-state index contributed by atoms with van der Waals surface area (Å²) in [6.45, 7) is 3.93. The molecule has 1 aliphatic rings. The minimum Gasteiger partial charge on any atom is -0.507 e. The number of aryl methyl sites for hydroxylation is 1. The molecular formula is C16H19N3O3S. The van der Waals surface area contributed by atoms with Gasteiger partial charge in [0.1, 0.15) is 5.75 Å². The van der Waals surface area contributed by atoms with Gasteiger partial charge in [-0.2, -0.15) is 0 Å². The monoisotopic (exact) mass is 333 g/mol. The zero-order valence-electron chi connectivity index (χ0n) is 13.2. The molecule has 122 valence electrons. The molecule has 2 heterocycles. The fourth-order valence-corrected chi connectivity index (χ4v) is 3.28. The Balaban J connectivity index is 1.80. The molecule has 0 spiro atoms. The summed E-state index contributed by atoms with van der Waals surface area (Å²) < 4.78 is 23.1. The van der Waals surface area contributed by atoms with E-state index < -0.39 is 9.84 Å². The van der Waals surface area contributed by atoms with Crippen LogP contribution in [0.4, 0.5) is 0 Å². The van der Waals surface area contributed by atoms with Crippen molar-refractivity contribution >= 4 is 9.84 Å². The molecule has 0 fully saturated rings. The van der Waals surface area contributed by atoms with E-state index in [9.17, 15) is 13.5 Å². The van der Waals surface area contributed by atoms with Gasteiger partial charge in [0.2, 0.25) is 15.0 Å². The number of sulfone groups is 1. The van der Waals surface area contributed by atoms with Gasteiger partial charge in [0, 0.05) is 49.6 Å². The molecule has 1 aromatic carbocycles. The number of aromatic nitrogens is 2. The number of aromatic hydroxyl groups is 1. The molecule has 0 saturated carbocycles. The second kappa shape index (κ2) is 5.90. The third kappa shape index (κ3) is 3.35. The molecule has 0 amide bonds. The smallest absolute Gasteiger partial charge is 0.246 e. The van der Waals surface area contributed by atoms with Gasteiger partial charge in [0.25, 0.3) is 0 Å². The van der Waals surface area contributed by atoms with Crippen molar-refractivity contribution in [1.29, 1.82) is 0 Å². The standard InChI is InChI=1S/C16H19N3O3S/c1-11-4-3-5-12(15(11)20)9-19-7-6-14-13(10-19)8-17-16(18-14)23(2,21)22/h3-5,8,20H,6-7,9-10H2,1-2H3. The zero-order valence-corrected chi connectivity index (χ0v) is 14.0. The average Bonchev–Trinajstić information content (AvgIpc) is 2.50. The van der Waals surface area contributed by atoms with Crippen LogP contribution in [0, 0.1) is 6.92 Å². The lowest BCUT2D eigenvalue weighted by Crippen LogP contribution is -2.31. The van der Waals surface area contributed by atoms with Crippen LogP contribution in [0.15, 0.2) is 29.6 Å². The van der Waals surface area contributed by atoms with Crippen molar-refractivity contribution < 1.29 is 13.5 Å². The number of hydrogen-bond acceptors (Lipinski definition) is 6. The van der Waals surface area contributed by atoms with Crippen LogP contribution in [0.2, 0.25) is 0 Å². The predicted octanol–water partition coefficient (Wildman–Crippen LogP) is 1.45. The highest BCUT2D eigenvalue weighted by atomic mass is 32.2. The topological polar surface area (TPSA) is 83.4 Å². The zero-order chi connectivity index (χ0) is 16.6. The second-order valence-corrected chi connectivity index (χ2v) is 7.85. The minimum absolute atomic E-state index is 0.110. The molecule has 0 saturated heterocycles. The van der Waals surface area contributed by atoms with E-state index in [2.05, 4.69) is 14.9 Å². The third-order valence-electron chi connectivity index (χ3n) is 4.04. The largest absolute Gasteiger partial charge is 0.507 e. The maximum Gasteiger partial charge on any atom is 0.246 e. The molecule has 0 radical (unpaired) electrons. The van der Waals surface area contributed by atoms with Crippen LogP contribution in [0.3, 0.4) is 0 Å². The molecule has 0 unspecified atom stereocenters. The van der Waals surface area contributed by atoms with Crippen LogP contribution in [0.25, 0.3) is 0 Å². The lowest BCUT2D eigenvalue weighted by molar-refractivity contribution is 0.239. The van der Waals surface area contributed by atoms with Crippen molar-refractivity contribution in [3.8, 4) is 5.75 Å². The van der Waals surface area contributed by atoms with E-state index in [-0.39, 0.29) is 5.16 Å². The maximum absolute atomic E-state index is 11.5. The maximum atomic E-state index is 11.5. The van der Waals surface area contributed by atoms with Gasteiger partial charge in [-0.3, -0.25) is 4.90 Å². The fourth-order valence-electron chi connectivity index (χ4n) is 2.76. The number of phenolic OH excluding ortho intramolecular Hbond substituents is 1. The molecule has 7 heteroatoms. The van der Waals surface area contributed by atoms with Gasteiger partial charge in [-0.05, 0) is 12.5 Å². The van der Waals surface area contributed by atoms with Crippen LogP contribution >= 0.6 is 0 Å².